The van der Waals surface area contributed by atoms with Gasteiger partial charge in [-0.1, -0.05) is 12.1 Å². The fraction of sp³-hybridized carbons (Fsp3) is 0.400. The van der Waals surface area contributed by atoms with Gasteiger partial charge in [-0.2, -0.15) is 13.2 Å². The lowest BCUT2D eigenvalue weighted by Crippen LogP contribution is -2.19. The van der Waals surface area contributed by atoms with Crippen molar-refractivity contribution in [2.75, 3.05) is 5.32 Å². The van der Waals surface area contributed by atoms with Crippen molar-refractivity contribution in [3.8, 4) is 0 Å². The van der Waals surface area contributed by atoms with E-state index in [1.807, 2.05) is 0 Å². The molecule has 1 unspecified atom stereocenters. The van der Waals surface area contributed by atoms with Crippen LogP contribution in [0.25, 0.3) is 0 Å². The van der Waals surface area contributed by atoms with Gasteiger partial charge in [0.2, 0.25) is 0 Å². The summed E-state index contributed by atoms with van der Waals surface area (Å²) in [7, 11) is -3.89. The molecular formula is C20H24F4NO3P. The van der Waals surface area contributed by atoms with Gasteiger partial charge in [0.05, 0.1) is 17.8 Å². The molecule has 2 aromatic rings. The maximum atomic E-state index is 13.8. The lowest BCUT2D eigenvalue weighted by Gasteiger charge is -2.31. The molecule has 1 atom stereocenters. The van der Waals surface area contributed by atoms with Gasteiger partial charge in [-0.3, -0.25) is 4.57 Å². The first kappa shape index (κ1) is 23.4. The fourth-order valence-corrected chi connectivity index (χ4v) is 4.97. The molecule has 0 spiro atoms. The van der Waals surface area contributed by atoms with Crippen LogP contribution in [0.2, 0.25) is 0 Å². The Morgan fingerprint density at radius 1 is 0.931 bits per heavy atom. The summed E-state index contributed by atoms with van der Waals surface area (Å²) in [6.45, 7) is 6.71. The Morgan fingerprint density at radius 2 is 1.48 bits per heavy atom. The number of hydrogen-bond acceptors (Lipinski definition) is 4. The van der Waals surface area contributed by atoms with Crippen molar-refractivity contribution in [2.45, 2.75) is 51.9 Å². The molecule has 0 aliphatic carbocycles. The van der Waals surface area contributed by atoms with Gasteiger partial charge in [0.1, 0.15) is 5.82 Å². The van der Waals surface area contributed by atoms with E-state index in [9.17, 15) is 22.1 Å². The molecule has 29 heavy (non-hydrogen) atoms. The lowest BCUT2D eigenvalue weighted by atomic mass is 10.2. The average Bonchev–Trinajstić information content (AvgIpc) is 2.57. The topological polar surface area (TPSA) is 47.6 Å². The van der Waals surface area contributed by atoms with E-state index in [-0.39, 0.29) is 11.3 Å². The second-order valence-corrected chi connectivity index (χ2v) is 9.04. The van der Waals surface area contributed by atoms with Crippen molar-refractivity contribution < 1.29 is 31.2 Å². The molecule has 0 saturated heterocycles. The highest BCUT2D eigenvalue weighted by Crippen LogP contribution is 2.62. The van der Waals surface area contributed by atoms with E-state index in [1.165, 1.54) is 30.3 Å². The standard InChI is InChI=1S/C20H24F4NO3P/c1-13(2)27-29(26,28-14(3)4)19(15-6-5-7-17(21)12-15)25-18-10-8-16(9-11-18)20(22,23)24/h5-14,19,25H,1-4H3. The molecule has 0 aliphatic rings. The monoisotopic (exact) mass is 433 g/mol. The Bertz CT molecular complexity index is 840. The van der Waals surface area contributed by atoms with Gasteiger partial charge in [0, 0.05) is 5.69 Å². The molecule has 9 heteroatoms. The summed E-state index contributed by atoms with van der Waals surface area (Å²) in [5.41, 5.74) is -0.271. The first-order chi connectivity index (χ1) is 13.4. The van der Waals surface area contributed by atoms with Crippen LogP contribution in [-0.4, -0.2) is 12.2 Å². The minimum Gasteiger partial charge on any atom is -0.368 e. The maximum Gasteiger partial charge on any atom is 0.416 e. The number of anilines is 1. The number of hydrogen-bond donors (Lipinski definition) is 1. The van der Waals surface area contributed by atoms with Gasteiger partial charge >= 0.3 is 13.8 Å². The second kappa shape index (κ2) is 9.28. The fourth-order valence-electron chi connectivity index (χ4n) is 2.67. The van der Waals surface area contributed by atoms with Crippen molar-refractivity contribution in [1.29, 1.82) is 0 Å². The molecule has 0 heterocycles. The smallest absolute Gasteiger partial charge is 0.368 e. The van der Waals surface area contributed by atoms with Crippen LogP contribution in [0.3, 0.4) is 0 Å². The zero-order valence-corrected chi connectivity index (χ0v) is 17.4. The molecule has 0 radical (unpaired) electrons. The summed E-state index contributed by atoms with van der Waals surface area (Å²) in [6.07, 6.45) is -5.41. The quantitative estimate of drug-likeness (QED) is 0.360. The van der Waals surface area contributed by atoms with E-state index in [2.05, 4.69) is 5.32 Å². The molecule has 0 fully saturated rings. The number of rotatable bonds is 8. The van der Waals surface area contributed by atoms with Crippen molar-refractivity contribution in [3.63, 3.8) is 0 Å². The van der Waals surface area contributed by atoms with Gasteiger partial charge in [-0.25, -0.2) is 4.39 Å². The molecule has 0 aliphatic heterocycles. The van der Waals surface area contributed by atoms with Crippen LogP contribution in [-0.2, 0) is 19.8 Å². The summed E-state index contributed by atoms with van der Waals surface area (Å²) < 4.78 is 77.2. The van der Waals surface area contributed by atoms with Crippen LogP contribution in [0, 0.1) is 5.82 Å². The number of halogens is 4. The van der Waals surface area contributed by atoms with Crippen LogP contribution in [0.4, 0.5) is 23.2 Å². The normalized spacial score (nSPS) is 13.7. The van der Waals surface area contributed by atoms with E-state index in [0.29, 0.717) is 0 Å². The minimum atomic E-state index is -4.47. The van der Waals surface area contributed by atoms with Gasteiger partial charge in [0.25, 0.3) is 0 Å². The van der Waals surface area contributed by atoms with E-state index in [1.54, 1.807) is 33.8 Å². The third-order valence-corrected chi connectivity index (χ3v) is 6.20. The van der Waals surface area contributed by atoms with Gasteiger partial charge in [-0.15, -0.1) is 0 Å². The Hall–Kier alpha value is -1.89. The molecule has 2 rings (SSSR count). The summed E-state index contributed by atoms with van der Waals surface area (Å²) in [5, 5.41) is 2.91. The summed E-state index contributed by atoms with van der Waals surface area (Å²) in [6, 6.07) is 9.64. The summed E-state index contributed by atoms with van der Waals surface area (Å²) >= 11 is 0. The van der Waals surface area contributed by atoms with Crippen LogP contribution in [0.5, 0.6) is 0 Å². The number of alkyl halides is 3. The molecule has 2 aromatic carbocycles. The third-order valence-electron chi connectivity index (χ3n) is 3.71. The van der Waals surface area contributed by atoms with Crippen molar-refractivity contribution in [2.24, 2.45) is 0 Å². The van der Waals surface area contributed by atoms with Gasteiger partial charge in [-0.05, 0) is 69.7 Å². The van der Waals surface area contributed by atoms with E-state index in [4.69, 9.17) is 9.05 Å². The summed E-state index contributed by atoms with van der Waals surface area (Å²) in [4.78, 5) is 0. The first-order valence-electron chi connectivity index (χ1n) is 9.06. The summed E-state index contributed by atoms with van der Waals surface area (Å²) in [5.74, 6) is -1.68. The van der Waals surface area contributed by atoms with Crippen LogP contribution >= 0.6 is 7.60 Å². The molecule has 0 bridgehead atoms. The van der Waals surface area contributed by atoms with E-state index < -0.39 is 43.1 Å². The van der Waals surface area contributed by atoms with Crippen LogP contribution < -0.4 is 5.32 Å². The first-order valence-corrected chi connectivity index (χ1v) is 10.7. The maximum absolute atomic E-state index is 13.8. The highest BCUT2D eigenvalue weighted by Gasteiger charge is 2.40. The molecule has 1 N–H and O–H groups in total. The Balaban J connectivity index is 2.48. The zero-order valence-electron chi connectivity index (χ0n) is 16.5. The molecule has 0 saturated carbocycles. The average molecular weight is 433 g/mol. The van der Waals surface area contributed by atoms with Gasteiger partial charge < -0.3 is 14.4 Å². The highest BCUT2D eigenvalue weighted by atomic mass is 31.2. The molecule has 0 aromatic heterocycles. The largest absolute Gasteiger partial charge is 0.416 e. The SMILES string of the molecule is CC(C)OP(=O)(OC(C)C)C(Nc1ccc(C(F)(F)F)cc1)c1cccc(F)c1. The van der Waals surface area contributed by atoms with Crippen LogP contribution in [0.1, 0.15) is 44.6 Å². The van der Waals surface area contributed by atoms with E-state index >= 15 is 0 Å². The predicted octanol–water partition coefficient (Wildman–Crippen LogP) is 7.00. The Morgan fingerprint density at radius 3 is 1.93 bits per heavy atom. The molecule has 0 amide bonds. The Kier molecular flexibility index (Phi) is 7.49. The number of nitrogens with one attached hydrogen (secondary N) is 1. The zero-order chi connectivity index (χ0) is 21.8. The third kappa shape index (κ3) is 6.56. The molecular weight excluding hydrogens is 409 g/mol. The predicted molar refractivity (Wildman–Crippen MR) is 104 cm³/mol. The van der Waals surface area contributed by atoms with Crippen molar-refractivity contribution in [3.05, 3.63) is 65.5 Å². The number of benzene rings is 2. The van der Waals surface area contributed by atoms with Gasteiger partial charge in [0.15, 0.2) is 5.78 Å². The highest BCUT2D eigenvalue weighted by molar-refractivity contribution is 7.54. The second-order valence-electron chi connectivity index (χ2n) is 7.03. The minimum absolute atomic E-state index is 0.257. The Labute approximate surface area is 167 Å². The molecule has 4 nitrogen and oxygen atoms in total. The van der Waals surface area contributed by atoms with Crippen molar-refractivity contribution in [1.82, 2.24) is 0 Å². The molecule has 160 valence electrons. The van der Waals surface area contributed by atoms with Crippen molar-refractivity contribution >= 4 is 13.3 Å². The van der Waals surface area contributed by atoms with E-state index in [0.717, 1.165) is 12.1 Å². The lowest BCUT2D eigenvalue weighted by molar-refractivity contribution is -0.137. The van der Waals surface area contributed by atoms with Crippen LogP contribution in [0.15, 0.2) is 48.5 Å².